The van der Waals surface area contributed by atoms with Crippen LogP contribution in [0, 0.1) is 12.7 Å². The molecule has 0 N–H and O–H groups in total. The molecular formula is C20H16ClFO4. The van der Waals surface area contributed by atoms with Crippen molar-refractivity contribution in [3.05, 3.63) is 62.7 Å². The molecule has 0 fully saturated rings. The van der Waals surface area contributed by atoms with Crippen molar-refractivity contribution in [2.75, 3.05) is 0 Å². The summed E-state index contributed by atoms with van der Waals surface area (Å²) in [6, 6.07) is 7.35. The predicted octanol–water partition coefficient (Wildman–Crippen LogP) is 5.05. The molecule has 2 aromatic carbocycles. The minimum absolute atomic E-state index is 0.0180. The highest BCUT2D eigenvalue weighted by Gasteiger charge is 2.20. The Hall–Kier alpha value is -2.66. The second kappa shape index (κ2) is 6.92. The number of hydrogen-bond donors (Lipinski definition) is 0. The number of carbonyl (C=O) groups is 1. The monoisotopic (exact) mass is 374 g/mol. The summed E-state index contributed by atoms with van der Waals surface area (Å²) in [5, 5.41) is 0.407. The fraction of sp³-hybridized carbons (Fsp3) is 0.200. The van der Waals surface area contributed by atoms with Gasteiger partial charge in [0, 0.05) is 18.6 Å². The summed E-state index contributed by atoms with van der Waals surface area (Å²) in [6.07, 6.45) is 0.543. The quantitative estimate of drug-likeness (QED) is 0.475. The SMILES string of the molecule is CCc1cc2c(=O)c(-c3c(F)cccc3Cl)c(C)oc2cc1OC(C)=O. The minimum Gasteiger partial charge on any atom is -0.460 e. The van der Waals surface area contributed by atoms with Crippen molar-refractivity contribution in [3.63, 3.8) is 0 Å². The first-order chi connectivity index (χ1) is 12.3. The van der Waals surface area contributed by atoms with Crippen molar-refractivity contribution >= 4 is 28.5 Å². The third-order valence-electron chi connectivity index (χ3n) is 4.10. The molecule has 0 aliphatic carbocycles. The maximum Gasteiger partial charge on any atom is 0.308 e. The van der Waals surface area contributed by atoms with Gasteiger partial charge < -0.3 is 9.15 Å². The van der Waals surface area contributed by atoms with Crippen LogP contribution in [-0.4, -0.2) is 5.97 Å². The standard InChI is InChI=1S/C20H16ClFO4/c1-4-12-8-13-17(9-16(12)26-11(3)23)25-10(2)18(20(13)24)19-14(21)6-5-7-15(19)22/h5-9H,4H2,1-3H3. The molecule has 0 aliphatic rings. The maximum atomic E-state index is 14.3. The van der Waals surface area contributed by atoms with Crippen molar-refractivity contribution in [1.82, 2.24) is 0 Å². The van der Waals surface area contributed by atoms with Gasteiger partial charge in [-0.3, -0.25) is 9.59 Å². The zero-order chi connectivity index (χ0) is 19.0. The van der Waals surface area contributed by atoms with E-state index in [-0.39, 0.29) is 38.3 Å². The van der Waals surface area contributed by atoms with Gasteiger partial charge in [-0.05, 0) is 37.1 Å². The van der Waals surface area contributed by atoms with Crippen LogP contribution >= 0.6 is 11.6 Å². The van der Waals surface area contributed by atoms with E-state index >= 15 is 0 Å². The Morgan fingerprint density at radius 1 is 1.27 bits per heavy atom. The van der Waals surface area contributed by atoms with E-state index in [4.69, 9.17) is 20.8 Å². The number of benzene rings is 2. The van der Waals surface area contributed by atoms with Crippen LogP contribution in [0.25, 0.3) is 22.1 Å². The number of esters is 1. The van der Waals surface area contributed by atoms with Gasteiger partial charge in [0.05, 0.1) is 16.0 Å². The van der Waals surface area contributed by atoms with Crippen LogP contribution in [0.2, 0.25) is 5.02 Å². The van der Waals surface area contributed by atoms with E-state index in [1.165, 1.54) is 31.2 Å². The Balaban J connectivity index is 2.35. The summed E-state index contributed by atoms with van der Waals surface area (Å²) in [4.78, 5) is 24.4. The molecular weight excluding hydrogens is 359 g/mol. The van der Waals surface area contributed by atoms with Crippen LogP contribution in [0.4, 0.5) is 4.39 Å². The molecule has 0 aliphatic heterocycles. The average molecular weight is 375 g/mol. The summed E-state index contributed by atoms with van der Waals surface area (Å²) in [7, 11) is 0. The van der Waals surface area contributed by atoms with E-state index in [0.717, 1.165) is 0 Å². The van der Waals surface area contributed by atoms with Crippen molar-refractivity contribution < 1.29 is 18.3 Å². The molecule has 0 radical (unpaired) electrons. The number of fused-ring (bicyclic) bond motifs is 1. The third-order valence-corrected chi connectivity index (χ3v) is 4.41. The molecule has 1 aromatic heterocycles. The number of rotatable bonds is 3. The van der Waals surface area contributed by atoms with Gasteiger partial charge in [0.25, 0.3) is 0 Å². The molecule has 0 saturated heterocycles. The molecule has 0 spiro atoms. The van der Waals surface area contributed by atoms with E-state index in [9.17, 15) is 14.0 Å². The fourth-order valence-corrected chi connectivity index (χ4v) is 3.19. The fourth-order valence-electron chi connectivity index (χ4n) is 2.93. The van der Waals surface area contributed by atoms with Gasteiger partial charge in [-0.25, -0.2) is 4.39 Å². The third kappa shape index (κ3) is 3.10. The van der Waals surface area contributed by atoms with E-state index in [1.807, 2.05) is 6.92 Å². The summed E-state index contributed by atoms with van der Waals surface area (Å²) in [5.41, 5.74) is 0.652. The molecule has 0 saturated carbocycles. The van der Waals surface area contributed by atoms with Gasteiger partial charge in [-0.15, -0.1) is 0 Å². The van der Waals surface area contributed by atoms with E-state index in [2.05, 4.69) is 0 Å². The van der Waals surface area contributed by atoms with Crippen molar-refractivity contribution in [2.45, 2.75) is 27.2 Å². The lowest BCUT2D eigenvalue weighted by Gasteiger charge is -2.12. The molecule has 26 heavy (non-hydrogen) atoms. The molecule has 0 bridgehead atoms. The smallest absolute Gasteiger partial charge is 0.308 e. The Bertz CT molecular complexity index is 1070. The van der Waals surface area contributed by atoms with E-state index < -0.39 is 11.8 Å². The molecule has 3 aromatic rings. The first kappa shape index (κ1) is 18.1. The van der Waals surface area contributed by atoms with Crippen LogP contribution in [0.15, 0.2) is 39.5 Å². The number of halogens is 2. The van der Waals surface area contributed by atoms with Gasteiger partial charge in [-0.2, -0.15) is 0 Å². The zero-order valence-corrected chi connectivity index (χ0v) is 15.2. The largest absolute Gasteiger partial charge is 0.460 e. The Labute approximate surface area is 154 Å². The second-order valence-corrected chi connectivity index (χ2v) is 6.27. The average Bonchev–Trinajstić information content (AvgIpc) is 2.56. The first-order valence-corrected chi connectivity index (χ1v) is 8.44. The molecule has 0 unspecified atom stereocenters. The van der Waals surface area contributed by atoms with E-state index in [0.29, 0.717) is 17.7 Å². The normalized spacial score (nSPS) is 11.0. The minimum atomic E-state index is -0.598. The molecule has 1 heterocycles. The van der Waals surface area contributed by atoms with Crippen LogP contribution in [0.5, 0.6) is 5.75 Å². The van der Waals surface area contributed by atoms with Gasteiger partial charge in [0.15, 0.2) is 0 Å². The lowest BCUT2D eigenvalue weighted by atomic mass is 10.00. The number of hydrogen-bond acceptors (Lipinski definition) is 4. The maximum absolute atomic E-state index is 14.3. The number of aryl methyl sites for hydroxylation is 2. The summed E-state index contributed by atoms with van der Waals surface area (Å²) in [6.45, 7) is 4.74. The van der Waals surface area contributed by atoms with Crippen LogP contribution in [0.1, 0.15) is 25.2 Å². The second-order valence-electron chi connectivity index (χ2n) is 5.86. The number of carbonyl (C=O) groups excluding carboxylic acids is 1. The van der Waals surface area contributed by atoms with Crippen molar-refractivity contribution in [1.29, 1.82) is 0 Å². The van der Waals surface area contributed by atoms with Gasteiger partial charge >= 0.3 is 5.97 Å². The topological polar surface area (TPSA) is 56.5 Å². The van der Waals surface area contributed by atoms with Crippen molar-refractivity contribution in [3.8, 4) is 16.9 Å². The lowest BCUT2D eigenvalue weighted by Crippen LogP contribution is -2.10. The highest BCUT2D eigenvalue weighted by Crippen LogP contribution is 2.34. The van der Waals surface area contributed by atoms with E-state index in [1.54, 1.807) is 13.0 Å². The first-order valence-electron chi connectivity index (χ1n) is 8.06. The van der Waals surface area contributed by atoms with Crippen LogP contribution in [0.3, 0.4) is 0 Å². The molecule has 0 atom stereocenters. The molecule has 4 nitrogen and oxygen atoms in total. The Morgan fingerprint density at radius 3 is 2.62 bits per heavy atom. The molecule has 134 valence electrons. The predicted molar refractivity (Wildman–Crippen MR) is 98.3 cm³/mol. The molecule has 3 rings (SSSR count). The lowest BCUT2D eigenvalue weighted by molar-refractivity contribution is -0.131. The summed E-state index contributed by atoms with van der Waals surface area (Å²) < 4.78 is 25.3. The molecule has 0 amide bonds. The summed E-state index contributed by atoms with van der Waals surface area (Å²) >= 11 is 6.12. The Kier molecular flexibility index (Phi) is 4.83. The highest BCUT2D eigenvalue weighted by molar-refractivity contribution is 6.33. The van der Waals surface area contributed by atoms with Crippen LogP contribution in [-0.2, 0) is 11.2 Å². The Morgan fingerprint density at radius 2 is 2.00 bits per heavy atom. The van der Waals surface area contributed by atoms with Crippen molar-refractivity contribution in [2.24, 2.45) is 0 Å². The van der Waals surface area contributed by atoms with Gasteiger partial charge in [0.2, 0.25) is 5.43 Å². The number of ether oxygens (including phenoxy) is 1. The van der Waals surface area contributed by atoms with Gasteiger partial charge in [-0.1, -0.05) is 24.6 Å². The van der Waals surface area contributed by atoms with Crippen LogP contribution < -0.4 is 10.2 Å². The highest BCUT2D eigenvalue weighted by atomic mass is 35.5. The molecule has 6 heteroatoms. The summed E-state index contributed by atoms with van der Waals surface area (Å²) in [5.74, 6) is -0.494. The zero-order valence-electron chi connectivity index (χ0n) is 14.5. The van der Waals surface area contributed by atoms with Gasteiger partial charge in [0.1, 0.15) is 22.9 Å².